The van der Waals surface area contributed by atoms with E-state index in [0.29, 0.717) is 23.5 Å². The molecule has 1 saturated heterocycles. The lowest BCUT2D eigenvalue weighted by molar-refractivity contribution is -0.122. The average molecular weight is 290 g/mol. The van der Waals surface area contributed by atoms with Gasteiger partial charge in [-0.3, -0.25) is 9.59 Å². The van der Waals surface area contributed by atoms with Crippen molar-refractivity contribution in [1.29, 1.82) is 0 Å². The molecule has 2 aliphatic rings. The zero-order valence-electron chi connectivity index (χ0n) is 11.8. The Bertz CT molecular complexity index is 567. The van der Waals surface area contributed by atoms with E-state index in [9.17, 15) is 9.59 Å². The summed E-state index contributed by atoms with van der Waals surface area (Å²) >= 11 is 0. The number of benzene rings is 1. The minimum absolute atomic E-state index is 0.0908. The molecule has 1 aromatic carbocycles. The fraction of sp³-hybridized carbons (Fsp3) is 0.467. The number of amides is 2. The van der Waals surface area contributed by atoms with Gasteiger partial charge >= 0.3 is 0 Å². The number of hydrogen-bond acceptors (Lipinski definition) is 4. The van der Waals surface area contributed by atoms with Gasteiger partial charge in [0.05, 0.1) is 17.4 Å². The molecule has 2 aliphatic heterocycles. The first-order valence-corrected chi connectivity index (χ1v) is 7.15. The molecule has 0 aromatic heterocycles. The van der Waals surface area contributed by atoms with Crippen LogP contribution in [-0.4, -0.2) is 37.2 Å². The predicted molar refractivity (Wildman–Crippen MR) is 76.5 cm³/mol. The van der Waals surface area contributed by atoms with Crippen molar-refractivity contribution in [3.8, 4) is 5.75 Å². The minimum atomic E-state index is -0.607. The Labute approximate surface area is 122 Å². The lowest BCUT2D eigenvalue weighted by atomic mass is 10.1. The van der Waals surface area contributed by atoms with E-state index in [-0.39, 0.29) is 17.9 Å². The lowest BCUT2D eigenvalue weighted by Gasteiger charge is -2.25. The van der Waals surface area contributed by atoms with Crippen LogP contribution in [0, 0.1) is 0 Å². The molecule has 112 valence electrons. The zero-order chi connectivity index (χ0) is 14.8. The molecule has 0 radical (unpaired) electrons. The van der Waals surface area contributed by atoms with Crippen molar-refractivity contribution in [2.75, 3.05) is 18.5 Å². The van der Waals surface area contributed by atoms with Crippen molar-refractivity contribution < 1.29 is 19.1 Å². The minimum Gasteiger partial charge on any atom is -0.478 e. The van der Waals surface area contributed by atoms with E-state index < -0.39 is 6.10 Å². The normalized spacial score (nSPS) is 24.0. The second-order valence-corrected chi connectivity index (χ2v) is 5.28. The van der Waals surface area contributed by atoms with Crippen molar-refractivity contribution in [2.45, 2.75) is 32.0 Å². The summed E-state index contributed by atoms with van der Waals surface area (Å²) in [6.07, 6.45) is 1.49. The number of carbonyl (C=O) groups is 2. The molecule has 3 rings (SSSR count). The number of ether oxygens (including phenoxy) is 2. The first-order chi connectivity index (χ1) is 10.1. The van der Waals surface area contributed by atoms with Gasteiger partial charge in [0, 0.05) is 13.2 Å². The van der Waals surface area contributed by atoms with E-state index in [2.05, 4.69) is 10.6 Å². The third-order valence-corrected chi connectivity index (χ3v) is 3.70. The first kappa shape index (κ1) is 13.9. The molecule has 0 saturated carbocycles. The van der Waals surface area contributed by atoms with Crippen molar-refractivity contribution in [1.82, 2.24) is 5.32 Å². The number of para-hydroxylation sites is 1. The third-order valence-electron chi connectivity index (χ3n) is 3.70. The number of hydrogen-bond donors (Lipinski definition) is 2. The van der Waals surface area contributed by atoms with Gasteiger partial charge in [-0.25, -0.2) is 0 Å². The number of rotatable bonds is 3. The molecule has 6 nitrogen and oxygen atoms in total. The molecule has 2 N–H and O–H groups in total. The summed E-state index contributed by atoms with van der Waals surface area (Å²) in [6, 6.07) is 5.13. The largest absolute Gasteiger partial charge is 0.478 e. The van der Waals surface area contributed by atoms with Crippen LogP contribution in [0.4, 0.5) is 5.69 Å². The maximum atomic E-state index is 12.3. The topological polar surface area (TPSA) is 76.7 Å². The molecule has 0 spiro atoms. The molecule has 2 amide bonds. The van der Waals surface area contributed by atoms with Crippen LogP contribution in [0.5, 0.6) is 5.75 Å². The quantitative estimate of drug-likeness (QED) is 0.880. The van der Waals surface area contributed by atoms with Gasteiger partial charge in [-0.05, 0) is 31.9 Å². The van der Waals surface area contributed by atoms with Gasteiger partial charge in [0.15, 0.2) is 11.9 Å². The molecule has 2 atom stereocenters. The molecule has 2 heterocycles. The average Bonchev–Trinajstić information content (AvgIpc) is 2.99. The monoisotopic (exact) mass is 290 g/mol. The van der Waals surface area contributed by atoms with Crippen LogP contribution in [0.25, 0.3) is 0 Å². The smallest absolute Gasteiger partial charge is 0.265 e. The second kappa shape index (κ2) is 5.73. The van der Waals surface area contributed by atoms with E-state index in [0.717, 1.165) is 19.4 Å². The predicted octanol–water partition coefficient (Wildman–Crippen LogP) is 1.31. The van der Waals surface area contributed by atoms with E-state index in [1.807, 2.05) is 0 Å². The molecule has 1 fully saturated rings. The van der Waals surface area contributed by atoms with Crippen molar-refractivity contribution in [3.63, 3.8) is 0 Å². The van der Waals surface area contributed by atoms with Gasteiger partial charge in [-0.1, -0.05) is 6.07 Å². The second-order valence-electron chi connectivity index (χ2n) is 5.28. The number of fused-ring (bicyclic) bond motifs is 1. The van der Waals surface area contributed by atoms with Crippen LogP contribution < -0.4 is 15.4 Å². The maximum Gasteiger partial charge on any atom is 0.265 e. The van der Waals surface area contributed by atoms with E-state index in [4.69, 9.17) is 9.47 Å². The Morgan fingerprint density at radius 2 is 2.33 bits per heavy atom. The first-order valence-electron chi connectivity index (χ1n) is 7.15. The van der Waals surface area contributed by atoms with Gasteiger partial charge < -0.3 is 20.1 Å². The molecule has 1 aromatic rings. The Morgan fingerprint density at radius 1 is 1.48 bits per heavy atom. The highest BCUT2D eigenvalue weighted by Crippen LogP contribution is 2.33. The van der Waals surface area contributed by atoms with Crippen LogP contribution >= 0.6 is 0 Å². The van der Waals surface area contributed by atoms with Crippen LogP contribution in [0.1, 0.15) is 30.1 Å². The molecular formula is C15H18N2O4. The van der Waals surface area contributed by atoms with Gasteiger partial charge in [0.1, 0.15) is 0 Å². The lowest BCUT2D eigenvalue weighted by Crippen LogP contribution is -2.37. The molecule has 2 unspecified atom stereocenters. The molecular weight excluding hydrogens is 272 g/mol. The van der Waals surface area contributed by atoms with E-state index in [1.54, 1.807) is 25.1 Å². The Balaban J connectivity index is 1.74. The molecule has 0 aliphatic carbocycles. The number of carbonyl (C=O) groups excluding carboxylic acids is 2. The molecule has 0 bridgehead atoms. The van der Waals surface area contributed by atoms with Gasteiger partial charge in [0.25, 0.3) is 11.8 Å². The SMILES string of the molecule is CC1Oc2c(cccc2C(=O)NCC2CCCO2)NC1=O. The van der Waals surface area contributed by atoms with Crippen LogP contribution in [0.3, 0.4) is 0 Å². The summed E-state index contributed by atoms with van der Waals surface area (Å²) in [5.74, 6) is -0.000414. The standard InChI is InChI=1S/C15H18N2O4/c1-9-14(18)17-12-6-2-5-11(13(12)21-9)15(19)16-8-10-4-3-7-20-10/h2,5-6,9-10H,3-4,7-8H2,1H3,(H,16,19)(H,17,18). The van der Waals surface area contributed by atoms with E-state index in [1.165, 1.54) is 0 Å². The highest BCUT2D eigenvalue weighted by Gasteiger charge is 2.28. The Hall–Kier alpha value is -2.08. The third kappa shape index (κ3) is 2.85. The van der Waals surface area contributed by atoms with Crippen LogP contribution in [-0.2, 0) is 9.53 Å². The Kier molecular flexibility index (Phi) is 3.79. The summed E-state index contributed by atoms with van der Waals surface area (Å²) in [7, 11) is 0. The number of nitrogens with one attached hydrogen (secondary N) is 2. The summed E-state index contributed by atoms with van der Waals surface area (Å²) in [5, 5.41) is 5.59. The summed E-state index contributed by atoms with van der Waals surface area (Å²) < 4.78 is 11.0. The fourth-order valence-electron chi connectivity index (χ4n) is 2.51. The highest BCUT2D eigenvalue weighted by atomic mass is 16.5. The molecule has 6 heteroatoms. The van der Waals surface area contributed by atoms with Crippen LogP contribution in [0.15, 0.2) is 18.2 Å². The van der Waals surface area contributed by atoms with Crippen molar-refractivity contribution in [2.24, 2.45) is 0 Å². The van der Waals surface area contributed by atoms with Gasteiger partial charge in [-0.15, -0.1) is 0 Å². The maximum absolute atomic E-state index is 12.3. The summed E-state index contributed by atoms with van der Waals surface area (Å²) in [6.45, 7) is 2.90. The molecule has 21 heavy (non-hydrogen) atoms. The van der Waals surface area contributed by atoms with Crippen molar-refractivity contribution in [3.05, 3.63) is 23.8 Å². The van der Waals surface area contributed by atoms with Crippen LogP contribution in [0.2, 0.25) is 0 Å². The fourth-order valence-corrected chi connectivity index (χ4v) is 2.51. The zero-order valence-corrected chi connectivity index (χ0v) is 11.8. The highest BCUT2D eigenvalue weighted by molar-refractivity contribution is 6.03. The van der Waals surface area contributed by atoms with E-state index >= 15 is 0 Å². The summed E-state index contributed by atoms with van der Waals surface area (Å²) in [5.41, 5.74) is 0.959. The van der Waals surface area contributed by atoms with Crippen molar-refractivity contribution >= 4 is 17.5 Å². The Morgan fingerprint density at radius 3 is 3.10 bits per heavy atom. The summed E-state index contributed by atoms with van der Waals surface area (Å²) in [4.78, 5) is 23.9. The van der Waals surface area contributed by atoms with Gasteiger partial charge in [-0.2, -0.15) is 0 Å². The van der Waals surface area contributed by atoms with Gasteiger partial charge in [0.2, 0.25) is 0 Å². The number of anilines is 1.